The quantitative estimate of drug-likeness (QED) is 0.690. The number of non-ortho nitro benzene ring substituents is 1. The number of nitrogens with zero attached hydrogens (tertiary/aromatic N) is 2. The number of nitro benzene ring substituents is 1. The van der Waals surface area contributed by atoms with E-state index in [0.29, 0.717) is 0 Å². The number of anilines is 1. The number of aryl methyl sites for hydroxylation is 2. The van der Waals surface area contributed by atoms with Crippen LogP contribution in [0.5, 0.6) is 0 Å². The SMILES string of the molecule is Cc1nc(NS(=O)(=O)c2cccc([N+](=O)[O-])c2)sc1C. The Balaban J connectivity index is 2.35. The van der Waals surface area contributed by atoms with Gasteiger partial charge in [0.15, 0.2) is 5.13 Å². The standard InChI is InChI=1S/C11H11N3O4S2/c1-7-8(2)19-11(12-7)13-20(17,18)10-5-3-4-9(6-10)14(15)16/h3-6H,1-2H3,(H,12,13). The highest BCUT2D eigenvalue weighted by molar-refractivity contribution is 7.93. The first kappa shape index (κ1) is 14.4. The molecule has 1 N–H and O–H groups in total. The van der Waals surface area contributed by atoms with Gasteiger partial charge in [0.05, 0.1) is 15.5 Å². The molecule has 0 aliphatic rings. The molecule has 0 aliphatic heterocycles. The van der Waals surface area contributed by atoms with Crippen molar-refractivity contribution >= 4 is 32.2 Å². The second-order valence-corrected chi connectivity index (χ2v) is 6.91. The van der Waals surface area contributed by atoms with Crippen LogP contribution in [0.4, 0.5) is 10.8 Å². The molecule has 1 aromatic carbocycles. The van der Waals surface area contributed by atoms with Crippen LogP contribution in [-0.4, -0.2) is 18.3 Å². The second-order valence-electron chi connectivity index (χ2n) is 4.02. The number of sulfonamides is 1. The van der Waals surface area contributed by atoms with Crippen molar-refractivity contribution in [2.24, 2.45) is 0 Å². The van der Waals surface area contributed by atoms with Gasteiger partial charge in [0.1, 0.15) is 0 Å². The normalized spacial score (nSPS) is 11.3. The molecule has 0 amide bonds. The van der Waals surface area contributed by atoms with Gasteiger partial charge >= 0.3 is 0 Å². The van der Waals surface area contributed by atoms with Crippen molar-refractivity contribution in [3.8, 4) is 0 Å². The summed E-state index contributed by atoms with van der Waals surface area (Å²) < 4.78 is 26.6. The molecule has 0 unspecified atom stereocenters. The predicted molar refractivity (Wildman–Crippen MR) is 75.5 cm³/mol. The van der Waals surface area contributed by atoms with Gasteiger partial charge < -0.3 is 0 Å². The van der Waals surface area contributed by atoms with Crippen LogP contribution in [0, 0.1) is 24.0 Å². The van der Waals surface area contributed by atoms with E-state index < -0.39 is 14.9 Å². The molecule has 9 heteroatoms. The molecule has 1 heterocycles. The Hall–Kier alpha value is -2.00. The summed E-state index contributed by atoms with van der Waals surface area (Å²) in [5, 5.41) is 10.9. The highest BCUT2D eigenvalue weighted by Crippen LogP contribution is 2.25. The third kappa shape index (κ3) is 2.94. The first-order valence-electron chi connectivity index (χ1n) is 5.51. The molecule has 0 saturated carbocycles. The van der Waals surface area contributed by atoms with Gasteiger partial charge in [0.2, 0.25) is 0 Å². The van der Waals surface area contributed by atoms with E-state index in [1.807, 2.05) is 6.92 Å². The van der Waals surface area contributed by atoms with Gasteiger partial charge in [0.25, 0.3) is 15.7 Å². The van der Waals surface area contributed by atoms with E-state index in [1.54, 1.807) is 6.92 Å². The van der Waals surface area contributed by atoms with Crippen LogP contribution in [0.15, 0.2) is 29.2 Å². The number of rotatable bonds is 4. The summed E-state index contributed by atoms with van der Waals surface area (Å²) in [6.07, 6.45) is 0. The third-order valence-corrected chi connectivity index (χ3v) is 5.04. The average molecular weight is 313 g/mol. The summed E-state index contributed by atoms with van der Waals surface area (Å²) in [5.41, 5.74) is 0.464. The fraction of sp³-hybridized carbons (Fsp3) is 0.182. The Morgan fingerprint density at radius 1 is 1.35 bits per heavy atom. The maximum atomic E-state index is 12.1. The molecule has 0 spiro atoms. The van der Waals surface area contributed by atoms with E-state index in [-0.39, 0.29) is 15.7 Å². The van der Waals surface area contributed by atoms with E-state index in [2.05, 4.69) is 9.71 Å². The fourth-order valence-corrected chi connectivity index (χ4v) is 3.54. The predicted octanol–water partition coefficient (Wildman–Crippen LogP) is 2.47. The molecule has 0 fully saturated rings. The lowest BCUT2D eigenvalue weighted by molar-refractivity contribution is -0.385. The number of nitro groups is 1. The highest BCUT2D eigenvalue weighted by Gasteiger charge is 2.19. The molecule has 0 saturated heterocycles. The van der Waals surface area contributed by atoms with Gasteiger partial charge in [-0.1, -0.05) is 6.07 Å². The van der Waals surface area contributed by atoms with Crippen LogP contribution in [0.25, 0.3) is 0 Å². The largest absolute Gasteiger partial charge is 0.270 e. The second kappa shape index (κ2) is 5.17. The van der Waals surface area contributed by atoms with Crippen LogP contribution in [0.3, 0.4) is 0 Å². The van der Waals surface area contributed by atoms with E-state index in [4.69, 9.17) is 0 Å². The van der Waals surface area contributed by atoms with Crippen LogP contribution >= 0.6 is 11.3 Å². The van der Waals surface area contributed by atoms with Crippen molar-refractivity contribution in [2.45, 2.75) is 18.7 Å². The first-order valence-corrected chi connectivity index (χ1v) is 7.81. The lowest BCUT2D eigenvalue weighted by Crippen LogP contribution is -2.13. The van der Waals surface area contributed by atoms with Gasteiger partial charge in [-0.05, 0) is 19.9 Å². The first-order chi connectivity index (χ1) is 9.29. The van der Waals surface area contributed by atoms with Crippen LogP contribution in [0.1, 0.15) is 10.6 Å². The molecular weight excluding hydrogens is 302 g/mol. The smallest absolute Gasteiger partial charge is 0.258 e. The fourth-order valence-electron chi connectivity index (χ4n) is 1.45. The summed E-state index contributed by atoms with van der Waals surface area (Å²) in [6.45, 7) is 3.61. The summed E-state index contributed by atoms with van der Waals surface area (Å²) in [7, 11) is -3.88. The number of nitrogens with one attached hydrogen (secondary N) is 1. The molecular formula is C11H11N3O4S2. The topological polar surface area (TPSA) is 102 Å². The van der Waals surface area contributed by atoms with Crippen LogP contribution in [0.2, 0.25) is 0 Å². The monoisotopic (exact) mass is 313 g/mol. The number of benzene rings is 1. The van der Waals surface area contributed by atoms with Crippen molar-refractivity contribution in [3.63, 3.8) is 0 Å². The molecule has 0 atom stereocenters. The van der Waals surface area contributed by atoms with Gasteiger partial charge in [0, 0.05) is 17.0 Å². The van der Waals surface area contributed by atoms with Crippen molar-refractivity contribution in [1.29, 1.82) is 0 Å². The summed E-state index contributed by atoms with van der Waals surface area (Å²) >= 11 is 1.21. The highest BCUT2D eigenvalue weighted by atomic mass is 32.2. The number of thiazole rings is 1. The summed E-state index contributed by atoms with van der Waals surface area (Å²) in [4.78, 5) is 14.8. The zero-order valence-corrected chi connectivity index (χ0v) is 12.3. The Morgan fingerprint density at radius 3 is 2.60 bits per heavy atom. The van der Waals surface area contributed by atoms with E-state index in [0.717, 1.165) is 16.6 Å². The average Bonchev–Trinajstić information content (AvgIpc) is 2.67. The Morgan fingerprint density at radius 2 is 2.05 bits per heavy atom. The molecule has 2 rings (SSSR count). The molecule has 106 valence electrons. The van der Waals surface area contributed by atoms with Gasteiger partial charge in [-0.25, -0.2) is 13.4 Å². The third-order valence-electron chi connectivity index (χ3n) is 2.59. The summed E-state index contributed by atoms with van der Waals surface area (Å²) in [5.74, 6) is 0. The molecule has 20 heavy (non-hydrogen) atoms. The zero-order chi connectivity index (χ0) is 14.9. The molecule has 1 aromatic heterocycles. The minimum Gasteiger partial charge on any atom is -0.258 e. The van der Waals surface area contributed by atoms with E-state index in [9.17, 15) is 18.5 Å². The van der Waals surface area contributed by atoms with Crippen LogP contribution in [-0.2, 0) is 10.0 Å². The maximum absolute atomic E-state index is 12.1. The number of hydrogen-bond acceptors (Lipinski definition) is 6. The molecule has 7 nitrogen and oxygen atoms in total. The molecule has 2 aromatic rings. The number of hydrogen-bond donors (Lipinski definition) is 1. The lowest BCUT2D eigenvalue weighted by Gasteiger charge is -2.04. The zero-order valence-electron chi connectivity index (χ0n) is 10.7. The van der Waals surface area contributed by atoms with Crippen molar-refractivity contribution in [3.05, 3.63) is 45.0 Å². The number of aromatic nitrogens is 1. The minimum atomic E-state index is -3.88. The van der Waals surface area contributed by atoms with Crippen molar-refractivity contribution in [2.75, 3.05) is 4.72 Å². The molecule has 0 aliphatic carbocycles. The van der Waals surface area contributed by atoms with E-state index in [1.165, 1.54) is 29.5 Å². The molecule has 0 radical (unpaired) electrons. The van der Waals surface area contributed by atoms with Gasteiger partial charge in [-0.15, -0.1) is 11.3 Å². The lowest BCUT2D eigenvalue weighted by atomic mass is 10.3. The maximum Gasteiger partial charge on any atom is 0.270 e. The van der Waals surface area contributed by atoms with Crippen molar-refractivity contribution < 1.29 is 13.3 Å². The Bertz CT molecular complexity index is 748. The Labute approximate surface area is 119 Å². The van der Waals surface area contributed by atoms with Crippen LogP contribution < -0.4 is 4.72 Å². The summed E-state index contributed by atoms with van der Waals surface area (Å²) in [6, 6.07) is 4.86. The van der Waals surface area contributed by atoms with Gasteiger partial charge in [-0.2, -0.15) is 0 Å². The minimum absolute atomic E-state index is 0.169. The Kier molecular flexibility index (Phi) is 3.73. The molecule has 0 bridgehead atoms. The van der Waals surface area contributed by atoms with Crippen molar-refractivity contribution in [1.82, 2.24) is 4.98 Å². The van der Waals surface area contributed by atoms with E-state index >= 15 is 0 Å². The van der Waals surface area contributed by atoms with Gasteiger partial charge in [-0.3, -0.25) is 14.8 Å².